The summed E-state index contributed by atoms with van der Waals surface area (Å²) >= 11 is 0. The molecule has 5 nitrogen and oxygen atoms in total. The first-order valence-corrected chi connectivity index (χ1v) is 6.52. The molecule has 0 unspecified atom stereocenters. The lowest BCUT2D eigenvalue weighted by molar-refractivity contribution is 0.102. The lowest BCUT2D eigenvalue weighted by Gasteiger charge is -2.10. The fraction of sp³-hybridized carbons (Fsp3) is 0.0625. The van der Waals surface area contributed by atoms with Crippen molar-refractivity contribution in [1.29, 1.82) is 0 Å². The van der Waals surface area contributed by atoms with Gasteiger partial charge < -0.3 is 11.1 Å². The molecular formula is C16H14N4O. The van der Waals surface area contributed by atoms with Gasteiger partial charge in [-0.15, -0.1) is 0 Å². The minimum absolute atomic E-state index is 0.185. The van der Waals surface area contributed by atoms with Crippen molar-refractivity contribution >= 4 is 28.2 Å². The topological polar surface area (TPSA) is 80.9 Å². The number of amides is 1. The van der Waals surface area contributed by atoms with Gasteiger partial charge >= 0.3 is 0 Å². The number of nitrogens with one attached hydrogen (secondary N) is 1. The van der Waals surface area contributed by atoms with Crippen molar-refractivity contribution in [2.45, 2.75) is 6.92 Å². The van der Waals surface area contributed by atoms with Crippen molar-refractivity contribution in [3.63, 3.8) is 0 Å². The zero-order chi connectivity index (χ0) is 14.8. The smallest absolute Gasteiger partial charge is 0.255 e. The number of carbonyl (C=O) groups excluding carboxylic acids is 1. The third-order valence-corrected chi connectivity index (χ3v) is 3.21. The van der Waals surface area contributed by atoms with Crippen molar-refractivity contribution in [2.75, 3.05) is 11.1 Å². The van der Waals surface area contributed by atoms with E-state index in [0.717, 1.165) is 11.1 Å². The summed E-state index contributed by atoms with van der Waals surface area (Å²) in [5.74, 6) is -0.185. The van der Waals surface area contributed by atoms with Crippen LogP contribution in [0.1, 0.15) is 16.1 Å². The number of hydrogen-bond acceptors (Lipinski definition) is 4. The average molecular weight is 278 g/mol. The van der Waals surface area contributed by atoms with Gasteiger partial charge in [-0.25, -0.2) is 0 Å². The number of benzene rings is 1. The van der Waals surface area contributed by atoms with Crippen LogP contribution in [0.3, 0.4) is 0 Å². The third-order valence-electron chi connectivity index (χ3n) is 3.21. The average Bonchev–Trinajstić information content (AvgIpc) is 2.50. The molecule has 0 spiro atoms. The van der Waals surface area contributed by atoms with E-state index in [-0.39, 0.29) is 5.91 Å². The summed E-state index contributed by atoms with van der Waals surface area (Å²) in [7, 11) is 0. The highest BCUT2D eigenvalue weighted by Crippen LogP contribution is 2.26. The van der Waals surface area contributed by atoms with Crippen LogP contribution in [0.4, 0.5) is 11.4 Å². The van der Waals surface area contributed by atoms with Crippen LogP contribution >= 0.6 is 0 Å². The molecule has 0 saturated carbocycles. The number of rotatable bonds is 2. The van der Waals surface area contributed by atoms with Crippen LogP contribution in [0.5, 0.6) is 0 Å². The normalized spacial score (nSPS) is 10.5. The van der Waals surface area contributed by atoms with Crippen LogP contribution in [-0.4, -0.2) is 15.9 Å². The molecule has 0 saturated heterocycles. The highest BCUT2D eigenvalue weighted by molar-refractivity contribution is 6.10. The molecule has 0 bridgehead atoms. The SMILES string of the molecule is Cc1cc(C(=O)Nc2ccc(N)c3ncccc23)ccn1. The second-order valence-electron chi connectivity index (χ2n) is 4.74. The Morgan fingerprint density at radius 2 is 2.00 bits per heavy atom. The maximum absolute atomic E-state index is 12.3. The van der Waals surface area contributed by atoms with Crippen LogP contribution in [0.15, 0.2) is 48.8 Å². The molecule has 104 valence electrons. The minimum Gasteiger partial charge on any atom is -0.397 e. The number of carbonyl (C=O) groups is 1. The van der Waals surface area contributed by atoms with Crippen LogP contribution in [0.2, 0.25) is 0 Å². The number of fused-ring (bicyclic) bond motifs is 1. The molecule has 0 aliphatic heterocycles. The number of aromatic nitrogens is 2. The second-order valence-corrected chi connectivity index (χ2v) is 4.74. The number of hydrogen-bond donors (Lipinski definition) is 2. The van der Waals surface area contributed by atoms with Gasteiger partial charge in [0.2, 0.25) is 0 Å². The van der Waals surface area contributed by atoms with E-state index in [0.29, 0.717) is 22.5 Å². The Balaban J connectivity index is 1.99. The van der Waals surface area contributed by atoms with Crippen molar-refractivity contribution in [3.05, 3.63) is 60.0 Å². The predicted molar refractivity (Wildman–Crippen MR) is 83.1 cm³/mol. The van der Waals surface area contributed by atoms with E-state index in [4.69, 9.17) is 5.73 Å². The van der Waals surface area contributed by atoms with Gasteiger partial charge in [0.1, 0.15) is 0 Å². The molecule has 0 fully saturated rings. The van der Waals surface area contributed by atoms with Crippen molar-refractivity contribution in [2.24, 2.45) is 0 Å². The lowest BCUT2D eigenvalue weighted by Crippen LogP contribution is -2.12. The van der Waals surface area contributed by atoms with E-state index in [1.54, 1.807) is 36.7 Å². The zero-order valence-corrected chi connectivity index (χ0v) is 11.5. The van der Waals surface area contributed by atoms with E-state index >= 15 is 0 Å². The summed E-state index contributed by atoms with van der Waals surface area (Å²) < 4.78 is 0. The molecule has 0 atom stereocenters. The fourth-order valence-electron chi connectivity index (χ4n) is 2.18. The van der Waals surface area contributed by atoms with Crippen LogP contribution in [-0.2, 0) is 0 Å². The molecule has 21 heavy (non-hydrogen) atoms. The van der Waals surface area contributed by atoms with Crippen molar-refractivity contribution < 1.29 is 4.79 Å². The van der Waals surface area contributed by atoms with Gasteiger partial charge in [0.15, 0.2) is 0 Å². The van der Waals surface area contributed by atoms with E-state index in [1.807, 2.05) is 19.1 Å². The molecule has 3 rings (SSSR count). The van der Waals surface area contributed by atoms with Gasteiger partial charge in [-0.05, 0) is 43.3 Å². The van der Waals surface area contributed by atoms with E-state index < -0.39 is 0 Å². The first-order valence-electron chi connectivity index (χ1n) is 6.52. The van der Waals surface area contributed by atoms with Gasteiger partial charge in [-0.1, -0.05) is 0 Å². The van der Waals surface area contributed by atoms with Crippen molar-refractivity contribution in [1.82, 2.24) is 9.97 Å². The number of aryl methyl sites for hydroxylation is 1. The third kappa shape index (κ3) is 2.53. The summed E-state index contributed by atoms with van der Waals surface area (Å²) in [5.41, 5.74) is 9.22. The summed E-state index contributed by atoms with van der Waals surface area (Å²) in [6.07, 6.45) is 3.30. The standard InChI is InChI=1S/C16H14N4O/c1-10-9-11(6-8-18-10)16(21)20-14-5-4-13(17)15-12(14)3-2-7-19-15/h2-9H,17H2,1H3,(H,20,21). The maximum Gasteiger partial charge on any atom is 0.255 e. The second kappa shape index (κ2) is 5.20. The van der Waals surface area contributed by atoms with Crippen LogP contribution in [0.25, 0.3) is 10.9 Å². The molecule has 3 aromatic rings. The molecule has 1 aromatic carbocycles. The van der Waals surface area contributed by atoms with E-state index in [2.05, 4.69) is 15.3 Å². The van der Waals surface area contributed by atoms with Gasteiger partial charge in [0, 0.05) is 29.0 Å². The molecule has 2 aromatic heterocycles. The molecule has 2 heterocycles. The lowest BCUT2D eigenvalue weighted by atomic mass is 10.1. The monoisotopic (exact) mass is 278 g/mol. The summed E-state index contributed by atoms with van der Waals surface area (Å²) in [6, 6.07) is 10.6. The molecular weight excluding hydrogens is 264 g/mol. The Hall–Kier alpha value is -2.95. The highest BCUT2D eigenvalue weighted by Gasteiger charge is 2.10. The van der Waals surface area contributed by atoms with Gasteiger partial charge in [-0.2, -0.15) is 0 Å². The van der Waals surface area contributed by atoms with Crippen LogP contribution < -0.4 is 11.1 Å². The number of nitrogens with zero attached hydrogens (tertiary/aromatic N) is 2. The molecule has 0 aliphatic rings. The Morgan fingerprint density at radius 3 is 2.81 bits per heavy atom. The number of pyridine rings is 2. The molecule has 1 amide bonds. The van der Waals surface area contributed by atoms with Crippen LogP contribution in [0, 0.1) is 6.92 Å². The zero-order valence-electron chi connectivity index (χ0n) is 11.5. The summed E-state index contributed by atoms with van der Waals surface area (Å²) in [5, 5.41) is 3.71. The first kappa shape index (κ1) is 13.1. The van der Waals surface area contributed by atoms with Crippen molar-refractivity contribution in [3.8, 4) is 0 Å². The predicted octanol–water partition coefficient (Wildman–Crippen LogP) is 2.77. The first-order chi connectivity index (χ1) is 10.1. The van der Waals surface area contributed by atoms with Gasteiger partial charge in [-0.3, -0.25) is 14.8 Å². The Morgan fingerprint density at radius 1 is 1.14 bits per heavy atom. The summed E-state index contributed by atoms with van der Waals surface area (Å²) in [6.45, 7) is 1.85. The Labute approximate surface area is 121 Å². The molecule has 3 N–H and O–H groups in total. The number of nitrogen functional groups attached to an aromatic ring is 1. The number of nitrogens with two attached hydrogens (primary N) is 1. The quantitative estimate of drug-likeness (QED) is 0.706. The molecule has 0 radical (unpaired) electrons. The molecule has 0 aliphatic carbocycles. The maximum atomic E-state index is 12.3. The molecule has 5 heteroatoms. The van der Waals surface area contributed by atoms with E-state index in [1.165, 1.54) is 0 Å². The minimum atomic E-state index is -0.185. The van der Waals surface area contributed by atoms with Gasteiger partial charge in [0.25, 0.3) is 5.91 Å². The Bertz CT molecular complexity index is 829. The Kier molecular flexibility index (Phi) is 3.23. The summed E-state index contributed by atoms with van der Waals surface area (Å²) in [4.78, 5) is 20.6. The van der Waals surface area contributed by atoms with E-state index in [9.17, 15) is 4.79 Å². The largest absolute Gasteiger partial charge is 0.397 e. The van der Waals surface area contributed by atoms with Gasteiger partial charge in [0.05, 0.1) is 16.9 Å². The highest BCUT2D eigenvalue weighted by atomic mass is 16.1. The number of anilines is 2. The fourth-order valence-corrected chi connectivity index (χ4v) is 2.18.